The highest BCUT2D eigenvalue weighted by Crippen LogP contribution is 2.56. The van der Waals surface area contributed by atoms with E-state index in [-0.39, 0.29) is 0 Å². The highest BCUT2D eigenvalue weighted by atomic mass is 19.2. The van der Waals surface area contributed by atoms with E-state index in [1.807, 2.05) is 0 Å². The molecule has 0 aromatic heterocycles. The molecule has 47 heavy (non-hydrogen) atoms. The Balaban J connectivity index is 2.05. The van der Waals surface area contributed by atoms with E-state index >= 15 is 4.39 Å². The summed E-state index contributed by atoms with van der Waals surface area (Å²) in [5.74, 6) is -7.27. The van der Waals surface area contributed by atoms with Crippen LogP contribution in [0.25, 0.3) is 33.4 Å². The summed E-state index contributed by atoms with van der Waals surface area (Å²) in [6.45, 7) is 0. The van der Waals surface area contributed by atoms with Crippen LogP contribution in [0, 0.1) is 120 Å². The number of nitrogens with zero attached hydrogens (tertiary/aromatic N) is 8. The Labute approximate surface area is 261 Å². The van der Waals surface area contributed by atoms with Crippen molar-refractivity contribution < 1.29 is 22.0 Å². The lowest BCUT2D eigenvalue weighted by Gasteiger charge is -2.13. The lowest BCUT2D eigenvalue weighted by Crippen LogP contribution is -2.00. The maximum absolute atomic E-state index is 16.9. The molecule has 0 aliphatic heterocycles. The molecule has 0 spiro atoms. The number of benzene rings is 3. The molecule has 0 atom stereocenters. The fourth-order valence-electron chi connectivity index (χ4n) is 5.55. The molecule has 0 amide bonds. The van der Waals surface area contributed by atoms with Crippen molar-refractivity contribution in [3.63, 3.8) is 0 Å². The monoisotopic (exact) mass is 620 g/mol. The van der Waals surface area contributed by atoms with E-state index in [4.69, 9.17) is 0 Å². The van der Waals surface area contributed by atoms with Crippen molar-refractivity contribution in [3.05, 3.63) is 115 Å². The lowest BCUT2D eigenvalue weighted by molar-refractivity contribution is 0.508. The molecule has 0 saturated heterocycles. The van der Waals surface area contributed by atoms with Crippen molar-refractivity contribution in [2.75, 3.05) is 0 Å². The fraction of sp³-hybridized carbons (Fsp3) is 0. The standard InChI is InChI=1S/C34H5F5N8/c35-24-1-14(6-40)18(4-26(24)37)30-22(12-46)32-20(28(30)16(8-42)9-43)3-21-29(17(10-44)11-45)31(23(13-47)33(21)34(32)39)19-5-27(38)25(36)2-15(19)7-41/h1-5H. The highest BCUT2D eigenvalue weighted by Gasteiger charge is 2.41. The van der Waals surface area contributed by atoms with Crippen LogP contribution in [0.15, 0.2) is 41.5 Å². The lowest BCUT2D eigenvalue weighted by atomic mass is 9.87. The molecular weight excluding hydrogens is 615 g/mol. The zero-order chi connectivity index (χ0) is 34.3. The summed E-state index contributed by atoms with van der Waals surface area (Å²) >= 11 is 0. The van der Waals surface area contributed by atoms with E-state index in [1.54, 1.807) is 48.6 Å². The van der Waals surface area contributed by atoms with Crippen LogP contribution in [0.2, 0.25) is 0 Å². The molecule has 3 aromatic carbocycles. The van der Waals surface area contributed by atoms with Crippen molar-refractivity contribution in [1.29, 1.82) is 42.1 Å². The minimum atomic E-state index is -1.49. The summed E-state index contributed by atoms with van der Waals surface area (Å²) in [5.41, 5.74) is -9.08. The van der Waals surface area contributed by atoms with Crippen LogP contribution in [-0.2, 0) is 0 Å². The van der Waals surface area contributed by atoms with Gasteiger partial charge in [-0.1, -0.05) is 0 Å². The Bertz CT molecular complexity index is 2340. The Kier molecular flexibility index (Phi) is 7.41. The third-order valence-electron chi connectivity index (χ3n) is 7.38. The van der Waals surface area contributed by atoms with Crippen LogP contribution >= 0.6 is 0 Å². The van der Waals surface area contributed by atoms with Crippen LogP contribution in [0.3, 0.4) is 0 Å². The average Bonchev–Trinajstić information content (AvgIpc) is 3.57. The smallest absolute Gasteiger partial charge is 0.160 e. The molecule has 8 nitrogen and oxygen atoms in total. The molecule has 0 unspecified atom stereocenters. The summed E-state index contributed by atoms with van der Waals surface area (Å²) in [7, 11) is 0. The first kappa shape index (κ1) is 30.6. The summed E-state index contributed by atoms with van der Waals surface area (Å²) in [6.07, 6.45) is 0. The van der Waals surface area contributed by atoms with E-state index in [0.717, 1.165) is 6.07 Å². The molecule has 0 saturated carbocycles. The van der Waals surface area contributed by atoms with Gasteiger partial charge in [0.25, 0.3) is 0 Å². The molecule has 13 heteroatoms. The number of nitriles is 8. The molecule has 3 aromatic rings. The predicted octanol–water partition coefficient (Wildman–Crippen LogP) is 6.62. The normalized spacial score (nSPS) is 12.4. The van der Waals surface area contributed by atoms with Gasteiger partial charge in [0.1, 0.15) is 53.4 Å². The maximum Gasteiger partial charge on any atom is 0.160 e. The van der Waals surface area contributed by atoms with Gasteiger partial charge in [-0.15, -0.1) is 0 Å². The van der Waals surface area contributed by atoms with E-state index in [9.17, 15) is 59.7 Å². The summed E-state index contributed by atoms with van der Waals surface area (Å²) in [6, 6.07) is 16.0. The Morgan fingerprint density at radius 3 is 1.06 bits per heavy atom. The van der Waals surface area contributed by atoms with E-state index in [0.29, 0.717) is 24.3 Å². The summed E-state index contributed by atoms with van der Waals surface area (Å²) < 4.78 is 74.1. The van der Waals surface area contributed by atoms with Gasteiger partial charge < -0.3 is 0 Å². The second-order valence-corrected chi connectivity index (χ2v) is 9.55. The summed E-state index contributed by atoms with van der Waals surface area (Å²) in [5, 5.41) is 79.2. The minimum Gasteiger partial charge on any atom is -0.206 e. The maximum atomic E-state index is 16.9. The van der Waals surface area contributed by atoms with Gasteiger partial charge >= 0.3 is 0 Å². The number of hydrogen-bond acceptors (Lipinski definition) is 8. The van der Waals surface area contributed by atoms with Gasteiger partial charge in [0.15, 0.2) is 23.3 Å². The Hall–Kier alpha value is -7.81. The van der Waals surface area contributed by atoms with Gasteiger partial charge in [-0.2, -0.15) is 42.1 Å². The van der Waals surface area contributed by atoms with E-state index in [1.165, 1.54) is 0 Å². The SMILES string of the molecule is N#CC(C#N)=C1C(c2cc(F)c(F)cc2C#N)=C(C#N)c2c1cc1c(c2F)C(C#N)=C(c2cc(F)c(F)cc2C#N)C1=C(C#N)C#N. The first-order chi connectivity index (χ1) is 22.6. The summed E-state index contributed by atoms with van der Waals surface area (Å²) in [4.78, 5) is 0. The zero-order valence-electron chi connectivity index (χ0n) is 22.9. The van der Waals surface area contributed by atoms with Gasteiger partial charge in [-0.05, 0) is 41.5 Å². The van der Waals surface area contributed by atoms with Crippen LogP contribution in [0.4, 0.5) is 22.0 Å². The van der Waals surface area contributed by atoms with Gasteiger partial charge in [0, 0.05) is 44.5 Å². The Morgan fingerprint density at radius 2 is 0.766 bits per heavy atom. The quantitative estimate of drug-likeness (QED) is 0.225. The van der Waals surface area contributed by atoms with Crippen LogP contribution in [0.1, 0.15) is 44.5 Å². The van der Waals surface area contributed by atoms with Crippen molar-refractivity contribution >= 4 is 33.4 Å². The molecule has 2 aliphatic rings. The number of halogens is 5. The van der Waals surface area contributed by atoms with Crippen LogP contribution in [0.5, 0.6) is 0 Å². The molecular formula is C34H5F5N8. The van der Waals surface area contributed by atoms with Gasteiger partial charge in [-0.3, -0.25) is 0 Å². The number of allylic oxidation sites excluding steroid dienone is 8. The first-order valence-corrected chi connectivity index (χ1v) is 12.6. The number of rotatable bonds is 2. The van der Waals surface area contributed by atoms with Crippen molar-refractivity contribution in [1.82, 2.24) is 0 Å². The molecule has 0 bridgehead atoms. The largest absolute Gasteiger partial charge is 0.206 e. The Morgan fingerprint density at radius 1 is 0.426 bits per heavy atom. The molecule has 0 heterocycles. The minimum absolute atomic E-state index is 0.406. The molecule has 0 radical (unpaired) electrons. The molecule has 2 aliphatic carbocycles. The topological polar surface area (TPSA) is 190 Å². The molecule has 0 fully saturated rings. The number of hydrogen-bond donors (Lipinski definition) is 0. The van der Waals surface area contributed by atoms with Crippen molar-refractivity contribution in [2.24, 2.45) is 0 Å². The predicted molar refractivity (Wildman–Crippen MR) is 150 cm³/mol. The molecule has 5 rings (SSSR count). The van der Waals surface area contributed by atoms with Gasteiger partial charge in [0.2, 0.25) is 0 Å². The molecule has 216 valence electrons. The molecule has 0 N–H and O–H groups in total. The highest BCUT2D eigenvalue weighted by molar-refractivity contribution is 6.30. The second-order valence-electron chi connectivity index (χ2n) is 9.55. The van der Waals surface area contributed by atoms with E-state index < -0.39 is 118 Å². The fourth-order valence-corrected chi connectivity index (χ4v) is 5.55. The third kappa shape index (κ3) is 4.27. The van der Waals surface area contributed by atoms with Gasteiger partial charge in [0.05, 0.1) is 34.4 Å². The van der Waals surface area contributed by atoms with Crippen LogP contribution < -0.4 is 0 Å². The average molecular weight is 620 g/mol. The van der Waals surface area contributed by atoms with Crippen LogP contribution in [-0.4, -0.2) is 0 Å². The third-order valence-corrected chi connectivity index (χ3v) is 7.38. The zero-order valence-corrected chi connectivity index (χ0v) is 22.9. The number of fused-ring (bicyclic) bond motifs is 2. The van der Waals surface area contributed by atoms with Crippen molar-refractivity contribution in [2.45, 2.75) is 0 Å². The van der Waals surface area contributed by atoms with E-state index in [2.05, 4.69) is 0 Å². The second kappa shape index (κ2) is 11.4. The van der Waals surface area contributed by atoms with Crippen molar-refractivity contribution in [3.8, 4) is 48.6 Å². The first-order valence-electron chi connectivity index (χ1n) is 12.6. The van der Waals surface area contributed by atoms with Gasteiger partial charge in [-0.25, -0.2) is 22.0 Å².